The minimum Gasteiger partial charge on any atom is -0.493 e. The molecule has 1 amide bonds. The van der Waals surface area contributed by atoms with Crippen molar-refractivity contribution in [2.45, 2.75) is 44.6 Å². The van der Waals surface area contributed by atoms with Crippen LogP contribution in [0.3, 0.4) is 0 Å². The largest absolute Gasteiger partial charge is 0.493 e. The van der Waals surface area contributed by atoms with Crippen molar-refractivity contribution < 1.29 is 14.6 Å². The standard InChI is InChI=1S/C16H21NO3/c1-10(18)16(19)17-8-6-12-3-2-11-4-5-14-13(15(11)12)7-9-20-14/h4-5,10,12,18H,2-3,6-9H2,1H3,(H,17,19)/t10-,12+/m1/s1. The number of nitrogens with one attached hydrogen (secondary N) is 1. The van der Waals surface area contributed by atoms with Crippen LogP contribution in [0.4, 0.5) is 0 Å². The Morgan fingerprint density at radius 2 is 2.35 bits per heavy atom. The lowest BCUT2D eigenvalue weighted by Crippen LogP contribution is -2.33. The van der Waals surface area contributed by atoms with Gasteiger partial charge in [0, 0.05) is 18.5 Å². The van der Waals surface area contributed by atoms with Crippen molar-refractivity contribution in [1.29, 1.82) is 0 Å². The summed E-state index contributed by atoms with van der Waals surface area (Å²) in [6, 6.07) is 4.28. The zero-order valence-corrected chi connectivity index (χ0v) is 11.8. The second-order valence-corrected chi connectivity index (χ2v) is 5.70. The fourth-order valence-corrected chi connectivity index (χ4v) is 3.36. The summed E-state index contributed by atoms with van der Waals surface area (Å²) >= 11 is 0. The van der Waals surface area contributed by atoms with Crippen LogP contribution in [0.25, 0.3) is 0 Å². The van der Waals surface area contributed by atoms with E-state index in [0.29, 0.717) is 12.5 Å². The number of fused-ring (bicyclic) bond motifs is 3. The van der Waals surface area contributed by atoms with E-state index in [9.17, 15) is 4.79 Å². The van der Waals surface area contributed by atoms with E-state index < -0.39 is 6.10 Å². The highest BCUT2D eigenvalue weighted by Gasteiger charge is 2.29. The van der Waals surface area contributed by atoms with Gasteiger partial charge in [-0.25, -0.2) is 0 Å². The van der Waals surface area contributed by atoms with E-state index in [-0.39, 0.29) is 5.91 Å². The molecule has 2 atom stereocenters. The van der Waals surface area contributed by atoms with Crippen molar-refractivity contribution in [2.24, 2.45) is 0 Å². The van der Waals surface area contributed by atoms with E-state index in [1.807, 2.05) is 0 Å². The maximum atomic E-state index is 11.4. The third kappa shape index (κ3) is 2.40. The molecule has 20 heavy (non-hydrogen) atoms. The van der Waals surface area contributed by atoms with Gasteiger partial charge in [-0.3, -0.25) is 4.79 Å². The Morgan fingerprint density at radius 3 is 3.15 bits per heavy atom. The second-order valence-electron chi connectivity index (χ2n) is 5.70. The number of hydrogen-bond acceptors (Lipinski definition) is 3. The molecule has 4 nitrogen and oxygen atoms in total. The average Bonchev–Trinajstić information content (AvgIpc) is 3.03. The molecule has 0 bridgehead atoms. The summed E-state index contributed by atoms with van der Waals surface area (Å²) in [7, 11) is 0. The molecule has 2 aliphatic rings. The molecular formula is C16H21NO3. The molecular weight excluding hydrogens is 254 g/mol. The number of carbonyl (C=O) groups is 1. The Morgan fingerprint density at radius 1 is 1.50 bits per heavy atom. The highest BCUT2D eigenvalue weighted by molar-refractivity contribution is 5.79. The molecule has 1 aromatic carbocycles. The molecule has 0 unspecified atom stereocenters. The molecule has 0 saturated heterocycles. The molecule has 4 heteroatoms. The van der Waals surface area contributed by atoms with Gasteiger partial charge in [0.15, 0.2) is 0 Å². The number of benzene rings is 1. The Bertz CT molecular complexity index is 525. The molecule has 1 aliphatic heterocycles. The van der Waals surface area contributed by atoms with Crippen molar-refractivity contribution in [3.8, 4) is 5.75 Å². The first-order valence-electron chi connectivity index (χ1n) is 7.40. The number of aliphatic hydroxyl groups is 1. The Balaban J connectivity index is 1.67. The molecule has 108 valence electrons. The monoisotopic (exact) mass is 275 g/mol. The summed E-state index contributed by atoms with van der Waals surface area (Å²) < 4.78 is 5.64. The smallest absolute Gasteiger partial charge is 0.248 e. The number of hydrogen-bond donors (Lipinski definition) is 2. The SMILES string of the molecule is C[C@@H](O)C(=O)NCC[C@@H]1CCc2ccc3c(c21)CCO3. The molecule has 0 spiro atoms. The van der Waals surface area contributed by atoms with Crippen LogP contribution >= 0.6 is 0 Å². The maximum absolute atomic E-state index is 11.4. The van der Waals surface area contributed by atoms with E-state index in [1.165, 1.54) is 23.6 Å². The quantitative estimate of drug-likeness (QED) is 0.876. The first-order valence-corrected chi connectivity index (χ1v) is 7.40. The zero-order valence-electron chi connectivity index (χ0n) is 11.8. The van der Waals surface area contributed by atoms with Crippen LogP contribution < -0.4 is 10.1 Å². The average molecular weight is 275 g/mol. The Labute approximate surface area is 119 Å². The molecule has 1 aliphatic carbocycles. The van der Waals surface area contributed by atoms with Gasteiger partial charge in [-0.15, -0.1) is 0 Å². The summed E-state index contributed by atoms with van der Waals surface area (Å²) in [6.45, 7) is 2.90. The molecule has 1 aromatic rings. The molecule has 0 saturated carbocycles. The lowest BCUT2D eigenvalue weighted by molar-refractivity contribution is -0.128. The van der Waals surface area contributed by atoms with Crippen LogP contribution in [-0.4, -0.2) is 30.3 Å². The van der Waals surface area contributed by atoms with E-state index in [2.05, 4.69) is 17.4 Å². The summed E-state index contributed by atoms with van der Waals surface area (Å²) in [4.78, 5) is 11.4. The van der Waals surface area contributed by atoms with E-state index in [0.717, 1.165) is 38.0 Å². The van der Waals surface area contributed by atoms with Gasteiger partial charge in [-0.1, -0.05) is 6.07 Å². The minimum absolute atomic E-state index is 0.287. The van der Waals surface area contributed by atoms with E-state index in [4.69, 9.17) is 9.84 Å². The molecule has 0 radical (unpaired) electrons. The van der Waals surface area contributed by atoms with Crippen molar-refractivity contribution in [3.05, 3.63) is 28.8 Å². The molecule has 1 heterocycles. The van der Waals surface area contributed by atoms with Gasteiger partial charge in [-0.05, 0) is 49.3 Å². The van der Waals surface area contributed by atoms with Gasteiger partial charge < -0.3 is 15.2 Å². The summed E-state index contributed by atoms with van der Waals surface area (Å²) in [5, 5.41) is 12.0. The van der Waals surface area contributed by atoms with Gasteiger partial charge in [0.2, 0.25) is 5.91 Å². The topological polar surface area (TPSA) is 58.6 Å². The van der Waals surface area contributed by atoms with Crippen LogP contribution in [0.2, 0.25) is 0 Å². The molecule has 2 N–H and O–H groups in total. The van der Waals surface area contributed by atoms with Crippen molar-refractivity contribution in [3.63, 3.8) is 0 Å². The van der Waals surface area contributed by atoms with Gasteiger partial charge in [0.1, 0.15) is 11.9 Å². The zero-order chi connectivity index (χ0) is 14.1. The fraction of sp³-hybridized carbons (Fsp3) is 0.562. The van der Waals surface area contributed by atoms with E-state index >= 15 is 0 Å². The van der Waals surface area contributed by atoms with Crippen molar-refractivity contribution in [2.75, 3.05) is 13.2 Å². The predicted molar refractivity (Wildman–Crippen MR) is 76.0 cm³/mol. The van der Waals surface area contributed by atoms with E-state index in [1.54, 1.807) is 0 Å². The molecule has 3 rings (SSSR count). The number of carbonyl (C=O) groups excluding carboxylic acids is 1. The number of ether oxygens (including phenoxy) is 1. The third-order valence-corrected chi connectivity index (χ3v) is 4.36. The Kier molecular flexibility index (Phi) is 3.66. The molecule has 0 aromatic heterocycles. The highest BCUT2D eigenvalue weighted by atomic mass is 16.5. The lowest BCUT2D eigenvalue weighted by Gasteiger charge is -2.15. The Hall–Kier alpha value is -1.55. The summed E-state index contributed by atoms with van der Waals surface area (Å²) in [5.41, 5.74) is 4.29. The molecule has 0 fully saturated rings. The number of aliphatic hydroxyl groups excluding tert-OH is 1. The van der Waals surface area contributed by atoms with Crippen LogP contribution in [0.5, 0.6) is 5.75 Å². The summed E-state index contributed by atoms with van der Waals surface area (Å²) in [5.74, 6) is 1.27. The normalized spacial score (nSPS) is 21.0. The van der Waals surface area contributed by atoms with Crippen molar-refractivity contribution in [1.82, 2.24) is 5.32 Å². The number of rotatable bonds is 4. The highest BCUT2D eigenvalue weighted by Crippen LogP contribution is 2.42. The summed E-state index contributed by atoms with van der Waals surface area (Å²) in [6.07, 6.45) is 3.29. The number of amides is 1. The van der Waals surface area contributed by atoms with Crippen LogP contribution in [-0.2, 0) is 17.6 Å². The van der Waals surface area contributed by atoms with Gasteiger partial charge >= 0.3 is 0 Å². The van der Waals surface area contributed by atoms with Crippen LogP contribution in [0.15, 0.2) is 12.1 Å². The first kappa shape index (κ1) is 13.4. The third-order valence-electron chi connectivity index (χ3n) is 4.36. The van der Waals surface area contributed by atoms with Gasteiger partial charge in [-0.2, -0.15) is 0 Å². The minimum atomic E-state index is -0.927. The maximum Gasteiger partial charge on any atom is 0.248 e. The van der Waals surface area contributed by atoms with Gasteiger partial charge in [0.25, 0.3) is 0 Å². The predicted octanol–water partition coefficient (Wildman–Crippen LogP) is 1.54. The number of aryl methyl sites for hydroxylation is 1. The lowest BCUT2D eigenvalue weighted by atomic mass is 9.92. The van der Waals surface area contributed by atoms with Crippen LogP contribution in [0.1, 0.15) is 42.4 Å². The second kappa shape index (κ2) is 5.44. The first-order chi connectivity index (χ1) is 9.66. The van der Waals surface area contributed by atoms with Crippen molar-refractivity contribution >= 4 is 5.91 Å². The van der Waals surface area contributed by atoms with Gasteiger partial charge in [0.05, 0.1) is 6.61 Å². The fourth-order valence-electron chi connectivity index (χ4n) is 3.36. The van der Waals surface area contributed by atoms with Crippen LogP contribution in [0, 0.1) is 0 Å².